The van der Waals surface area contributed by atoms with Gasteiger partial charge in [-0.15, -0.1) is 11.8 Å². The average Bonchev–Trinajstić information content (AvgIpc) is 2.14. The molecule has 0 saturated carbocycles. The number of rotatable bonds is 0. The zero-order valence-corrected chi connectivity index (χ0v) is 7.34. The molecule has 0 aromatic carbocycles. The fourth-order valence-corrected chi connectivity index (χ4v) is 1.33. The summed E-state index contributed by atoms with van der Waals surface area (Å²) in [4.78, 5) is 0. The van der Waals surface area contributed by atoms with E-state index < -0.39 is 0 Å². The van der Waals surface area contributed by atoms with Crippen molar-refractivity contribution in [2.75, 3.05) is 0 Å². The van der Waals surface area contributed by atoms with E-state index in [1.165, 1.54) is 0 Å². The first-order valence-corrected chi connectivity index (χ1v) is 4.59. The van der Waals surface area contributed by atoms with Gasteiger partial charge in [-0.3, -0.25) is 0 Å². The Morgan fingerprint density at radius 1 is 1.00 bits per heavy atom. The number of nitrogens with zero attached hydrogens (tertiary/aromatic N) is 1. The van der Waals surface area contributed by atoms with Crippen LogP contribution in [-0.4, -0.2) is 10.9 Å². The molecule has 0 heterocycles. The van der Waals surface area contributed by atoms with Gasteiger partial charge in [0, 0.05) is 12.8 Å². The van der Waals surface area contributed by atoms with Gasteiger partial charge in [-0.05, 0) is 32.1 Å². The van der Waals surface area contributed by atoms with Crippen LogP contribution in [0.15, 0.2) is 5.16 Å². The second kappa shape index (κ2) is 5.65. The van der Waals surface area contributed by atoms with E-state index in [0.29, 0.717) is 0 Å². The van der Waals surface area contributed by atoms with Crippen molar-refractivity contribution < 1.29 is 5.21 Å². The Kier molecular flexibility index (Phi) is 4.30. The molecule has 1 aliphatic rings. The summed E-state index contributed by atoms with van der Waals surface area (Å²) in [6.07, 6.45) is 7.06. The standard InChI is InChI=1S/C10H15NO/c12-11-10-8-6-4-2-1-3-5-7-9-10/h12H,2,4-9H2. The molecule has 0 spiro atoms. The Morgan fingerprint density at radius 2 is 1.67 bits per heavy atom. The molecular formula is C10H15NO. The summed E-state index contributed by atoms with van der Waals surface area (Å²) in [5, 5.41) is 11.9. The highest BCUT2D eigenvalue weighted by atomic mass is 16.4. The second-order valence-corrected chi connectivity index (χ2v) is 3.08. The van der Waals surface area contributed by atoms with Gasteiger partial charge in [-0.2, -0.15) is 0 Å². The van der Waals surface area contributed by atoms with Crippen LogP contribution in [0.3, 0.4) is 0 Å². The molecule has 0 radical (unpaired) electrons. The minimum atomic E-state index is 0.908. The molecule has 0 fully saturated rings. The van der Waals surface area contributed by atoms with E-state index in [-0.39, 0.29) is 0 Å². The van der Waals surface area contributed by atoms with Gasteiger partial charge in [0.05, 0.1) is 5.71 Å². The van der Waals surface area contributed by atoms with Crippen molar-refractivity contribution in [2.45, 2.75) is 44.9 Å². The van der Waals surface area contributed by atoms with E-state index in [9.17, 15) is 0 Å². The quantitative estimate of drug-likeness (QED) is 0.334. The van der Waals surface area contributed by atoms with Gasteiger partial charge < -0.3 is 5.21 Å². The largest absolute Gasteiger partial charge is 0.411 e. The predicted molar refractivity (Wildman–Crippen MR) is 49.3 cm³/mol. The summed E-state index contributed by atoms with van der Waals surface area (Å²) in [6, 6.07) is 0. The zero-order chi connectivity index (χ0) is 8.65. The third-order valence-electron chi connectivity index (χ3n) is 2.05. The molecule has 0 bridgehead atoms. The van der Waals surface area contributed by atoms with Crippen LogP contribution in [0.2, 0.25) is 0 Å². The van der Waals surface area contributed by atoms with Crippen LogP contribution in [0.5, 0.6) is 0 Å². The maximum absolute atomic E-state index is 8.62. The summed E-state index contributed by atoms with van der Waals surface area (Å²) >= 11 is 0. The van der Waals surface area contributed by atoms with Crippen LogP contribution in [0.25, 0.3) is 0 Å². The van der Waals surface area contributed by atoms with E-state index in [1.54, 1.807) is 0 Å². The maximum atomic E-state index is 8.62. The number of hydrogen-bond acceptors (Lipinski definition) is 2. The average molecular weight is 165 g/mol. The lowest BCUT2D eigenvalue weighted by molar-refractivity contribution is 0.315. The van der Waals surface area contributed by atoms with Crippen LogP contribution >= 0.6 is 0 Å². The second-order valence-electron chi connectivity index (χ2n) is 3.08. The summed E-state index contributed by atoms with van der Waals surface area (Å²) < 4.78 is 0. The maximum Gasteiger partial charge on any atom is 0.0571 e. The SMILES string of the molecule is ON=C1CCCC#CCCCC1. The van der Waals surface area contributed by atoms with Gasteiger partial charge >= 0.3 is 0 Å². The molecule has 0 amide bonds. The van der Waals surface area contributed by atoms with Gasteiger partial charge in [0.1, 0.15) is 0 Å². The summed E-state index contributed by atoms with van der Waals surface area (Å²) in [5.74, 6) is 6.25. The van der Waals surface area contributed by atoms with Crippen LogP contribution in [0.4, 0.5) is 0 Å². The zero-order valence-electron chi connectivity index (χ0n) is 7.34. The van der Waals surface area contributed by atoms with E-state index in [2.05, 4.69) is 17.0 Å². The van der Waals surface area contributed by atoms with Crippen LogP contribution in [0, 0.1) is 11.8 Å². The van der Waals surface area contributed by atoms with E-state index >= 15 is 0 Å². The Morgan fingerprint density at radius 3 is 2.42 bits per heavy atom. The highest BCUT2D eigenvalue weighted by Crippen LogP contribution is 2.08. The minimum Gasteiger partial charge on any atom is -0.411 e. The molecule has 1 N–H and O–H groups in total. The number of hydrogen-bond donors (Lipinski definition) is 1. The summed E-state index contributed by atoms with van der Waals surface area (Å²) in [6.45, 7) is 0. The van der Waals surface area contributed by atoms with Crippen LogP contribution in [-0.2, 0) is 0 Å². The normalized spacial score (nSPS) is 22.8. The predicted octanol–water partition coefficient (Wildman–Crippen LogP) is 2.56. The monoisotopic (exact) mass is 165 g/mol. The fourth-order valence-electron chi connectivity index (χ4n) is 1.33. The molecule has 12 heavy (non-hydrogen) atoms. The number of oxime groups is 1. The van der Waals surface area contributed by atoms with Gasteiger partial charge in [0.2, 0.25) is 0 Å². The topological polar surface area (TPSA) is 32.6 Å². The minimum absolute atomic E-state index is 0.908. The first-order chi connectivity index (χ1) is 5.93. The summed E-state index contributed by atoms with van der Waals surface area (Å²) in [7, 11) is 0. The highest BCUT2D eigenvalue weighted by molar-refractivity contribution is 5.83. The molecule has 0 aromatic rings. The van der Waals surface area contributed by atoms with E-state index in [1.807, 2.05) is 0 Å². The first-order valence-electron chi connectivity index (χ1n) is 4.59. The summed E-state index contributed by atoms with van der Waals surface area (Å²) in [5.41, 5.74) is 0.943. The molecule has 2 nitrogen and oxygen atoms in total. The molecule has 66 valence electrons. The van der Waals surface area contributed by atoms with Gasteiger partial charge in [0.25, 0.3) is 0 Å². The van der Waals surface area contributed by atoms with Crippen molar-refractivity contribution in [3.63, 3.8) is 0 Å². The third kappa shape index (κ3) is 3.43. The molecule has 0 atom stereocenters. The fraction of sp³-hybridized carbons (Fsp3) is 0.700. The Bertz CT molecular complexity index is 210. The Labute approximate surface area is 73.7 Å². The van der Waals surface area contributed by atoms with E-state index in [4.69, 9.17) is 5.21 Å². The molecule has 1 aliphatic carbocycles. The van der Waals surface area contributed by atoms with Gasteiger partial charge in [-0.1, -0.05) is 5.16 Å². The van der Waals surface area contributed by atoms with Gasteiger partial charge in [-0.25, -0.2) is 0 Å². The molecule has 2 heteroatoms. The lowest BCUT2D eigenvalue weighted by atomic mass is 10.0. The third-order valence-corrected chi connectivity index (χ3v) is 2.05. The highest BCUT2D eigenvalue weighted by Gasteiger charge is 2.00. The Balaban J connectivity index is 2.40. The Hall–Kier alpha value is -0.970. The molecule has 0 aliphatic heterocycles. The smallest absolute Gasteiger partial charge is 0.0571 e. The molecule has 0 aromatic heterocycles. The molecule has 0 saturated heterocycles. The van der Waals surface area contributed by atoms with Crippen LogP contribution < -0.4 is 0 Å². The van der Waals surface area contributed by atoms with Crippen LogP contribution in [0.1, 0.15) is 44.9 Å². The lowest BCUT2D eigenvalue weighted by Gasteiger charge is -2.03. The van der Waals surface area contributed by atoms with Crippen molar-refractivity contribution in [3.8, 4) is 11.8 Å². The van der Waals surface area contributed by atoms with Crippen molar-refractivity contribution >= 4 is 5.71 Å². The first kappa shape index (κ1) is 9.12. The van der Waals surface area contributed by atoms with Crippen molar-refractivity contribution in [1.82, 2.24) is 0 Å². The van der Waals surface area contributed by atoms with Crippen molar-refractivity contribution in [2.24, 2.45) is 5.16 Å². The van der Waals surface area contributed by atoms with E-state index in [0.717, 1.165) is 50.7 Å². The molecule has 1 rings (SSSR count). The molecule has 0 unspecified atom stereocenters. The van der Waals surface area contributed by atoms with Gasteiger partial charge in [0.15, 0.2) is 0 Å². The van der Waals surface area contributed by atoms with Crippen molar-refractivity contribution in [3.05, 3.63) is 0 Å². The molecular weight excluding hydrogens is 150 g/mol. The van der Waals surface area contributed by atoms with Crippen molar-refractivity contribution in [1.29, 1.82) is 0 Å². The lowest BCUT2D eigenvalue weighted by Crippen LogP contribution is -1.99.